The molecule has 2 rings (SSSR count). The maximum atomic E-state index is 11.3. The van der Waals surface area contributed by atoms with Gasteiger partial charge in [-0.05, 0) is 19.1 Å². The van der Waals surface area contributed by atoms with Crippen LogP contribution < -0.4 is 5.32 Å². The normalized spacial score (nSPS) is 26.4. The molecule has 1 unspecified atom stereocenters. The van der Waals surface area contributed by atoms with Gasteiger partial charge in [0.25, 0.3) is 0 Å². The predicted molar refractivity (Wildman–Crippen MR) is 46.2 cm³/mol. The highest BCUT2D eigenvalue weighted by Crippen LogP contribution is 2.15. The van der Waals surface area contributed by atoms with Crippen molar-refractivity contribution < 1.29 is 4.79 Å². The highest BCUT2D eigenvalue weighted by Gasteiger charge is 2.23. The number of urea groups is 1. The minimum atomic E-state index is -0.0550. The number of fused-ring (bicyclic) bond motifs is 1. The van der Waals surface area contributed by atoms with Gasteiger partial charge in [0.2, 0.25) is 0 Å². The van der Waals surface area contributed by atoms with E-state index < -0.39 is 0 Å². The van der Waals surface area contributed by atoms with Crippen LogP contribution in [0.3, 0.4) is 0 Å². The maximum absolute atomic E-state index is 11.3. The van der Waals surface area contributed by atoms with E-state index in [-0.39, 0.29) is 12.1 Å². The number of hydrogen-bond acceptors (Lipinski definition) is 1. The molecule has 0 spiro atoms. The average molecular weight is 162 g/mol. The van der Waals surface area contributed by atoms with Crippen LogP contribution in [0.5, 0.6) is 0 Å². The average Bonchev–Trinajstić information content (AvgIpc) is 2.04. The first kappa shape index (κ1) is 7.16. The molecule has 0 saturated carbocycles. The van der Waals surface area contributed by atoms with Gasteiger partial charge in [-0.2, -0.15) is 0 Å². The van der Waals surface area contributed by atoms with Gasteiger partial charge in [0.05, 0.1) is 6.04 Å². The molecular weight excluding hydrogens is 152 g/mol. The van der Waals surface area contributed by atoms with E-state index in [1.807, 2.05) is 31.2 Å². The Hall–Kier alpha value is -1.51. The quantitative estimate of drug-likeness (QED) is 0.573. The summed E-state index contributed by atoms with van der Waals surface area (Å²) in [7, 11) is 0. The zero-order valence-electron chi connectivity index (χ0n) is 6.82. The number of carbonyl (C=O) groups is 1. The molecule has 3 heteroatoms. The van der Waals surface area contributed by atoms with E-state index in [0.717, 1.165) is 5.70 Å². The number of nitrogens with zero attached hydrogens (tertiary/aromatic N) is 1. The Balaban J connectivity index is 2.34. The zero-order valence-corrected chi connectivity index (χ0v) is 6.82. The molecule has 2 aliphatic rings. The molecule has 62 valence electrons. The molecule has 2 amide bonds. The minimum absolute atomic E-state index is 0.0550. The van der Waals surface area contributed by atoms with Crippen molar-refractivity contribution in [2.75, 3.05) is 0 Å². The van der Waals surface area contributed by atoms with Crippen LogP contribution in [0.2, 0.25) is 0 Å². The first-order valence-corrected chi connectivity index (χ1v) is 3.90. The van der Waals surface area contributed by atoms with Gasteiger partial charge in [0.1, 0.15) is 0 Å². The van der Waals surface area contributed by atoms with Gasteiger partial charge in [-0.25, -0.2) is 4.79 Å². The number of rotatable bonds is 0. The highest BCUT2D eigenvalue weighted by atomic mass is 16.2. The third kappa shape index (κ3) is 1.03. The van der Waals surface area contributed by atoms with Crippen LogP contribution in [0.15, 0.2) is 36.2 Å². The number of allylic oxidation sites excluding steroid dienone is 3. The maximum Gasteiger partial charge on any atom is 0.326 e. The molecule has 2 aliphatic heterocycles. The second-order valence-corrected chi connectivity index (χ2v) is 2.90. The van der Waals surface area contributed by atoms with E-state index in [9.17, 15) is 4.79 Å². The van der Waals surface area contributed by atoms with Gasteiger partial charge in [-0.15, -0.1) is 0 Å². The van der Waals surface area contributed by atoms with Gasteiger partial charge in [0.15, 0.2) is 0 Å². The Labute approximate surface area is 71.0 Å². The van der Waals surface area contributed by atoms with E-state index >= 15 is 0 Å². The third-order valence-electron chi connectivity index (χ3n) is 1.95. The van der Waals surface area contributed by atoms with E-state index in [1.165, 1.54) is 0 Å². The Bertz CT molecular complexity index is 302. The fraction of sp³-hybridized carbons (Fsp3) is 0.222. The molecule has 0 aromatic carbocycles. The Morgan fingerprint density at radius 3 is 3.17 bits per heavy atom. The van der Waals surface area contributed by atoms with Crippen molar-refractivity contribution in [3.05, 3.63) is 36.2 Å². The van der Waals surface area contributed by atoms with Crippen molar-refractivity contribution in [1.82, 2.24) is 10.2 Å². The predicted octanol–water partition coefficient (Wildman–Crippen LogP) is 1.37. The molecular formula is C9H10N2O. The number of carbonyl (C=O) groups excluding carboxylic acids is 1. The van der Waals surface area contributed by atoms with Crippen molar-refractivity contribution >= 4 is 6.03 Å². The lowest BCUT2D eigenvalue weighted by Gasteiger charge is -2.30. The van der Waals surface area contributed by atoms with Gasteiger partial charge in [-0.3, -0.25) is 4.90 Å². The van der Waals surface area contributed by atoms with Crippen molar-refractivity contribution in [1.29, 1.82) is 0 Å². The number of amides is 2. The lowest BCUT2D eigenvalue weighted by molar-refractivity contribution is 0.211. The topological polar surface area (TPSA) is 32.3 Å². The van der Waals surface area contributed by atoms with Gasteiger partial charge >= 0.3 is 6.03 Å². The van der Waals surface area contributed by atoms with Crippen LogP contribution in [-0.4, -0.2) is 17.0 Å². The third-order valence-corrected chi connectivity index (χ3v) is 1.95. The fourth-order valence-corrected chi connectivity index (χ4v) is 1.38. The molecule has 12 heavy (non-hydrogen) atoms. The Morgan fingerprint density at radius 2 is 2.33 bits per heavy atom. The van der Waals surface area contributed by atoms with Crippen LogP contribution in [0, 0.1) is 0 Å². The summed E-state index contributed by atoms with van der Waals surface area (Å²) >= 11 is 0. The molecule has 0 aliphatic carbocycles. The Morgan fingerprint density at radius 1 is 1.50 bits per heavy atom. The molecule has 0 saturated heterocycles. The fourth-order valence-electron chi connectivity index (χ4n) is 1.38. The molecule has 0 radical (unpaired) electrons. The van der Waals surface area contributed by atoms with Crippen molar-refractivity contribution in [3.63, 3.8) is 0 Å². The summed E-state index contributed by atoms with van der Waals surface area (Å²) in [5.41, 5.74) is 0.918. The van der Waals surface area contributed by atoms with Crippen LogP contribution in [-0.2, 0) is 0 Å². The van der Waals surface area contributed by atoms with Crippen molar-refractivity contribution in [2.45, 2.75) is 13.0 Å². The minimum Gasteiger partial charge on any atom is -0.312 e. The SMILES string of the molecule is CC1=CC2C=CC=CN2C(=O)N1. The smallest absolute Gasteiger partial charge is 0.312 e. The summed E-state index contributed by atoms with van der Waals surface area (Å²) in [6.45, 7) is 1.89. The summed E-state index contributed by atoms with van der Waals surface area (Å²) in [5.74, 6) is 0. The molecule has 2 heterocycles. The van der Waals surface area contributed by atoms with Gasteiger partial charge < -0.3 is 5.32 Å². The van der Waals surface area contributed by atoms with Crippen molar-refractivity contribution in [3.8, 4) is 0 Å². The van der Waals surface area contributed by atoms with Crippen molar-refractivity contribution in [2.24, 2.45) is 0 Å². The highest BCUT2D eigenvalue weighted by molar-refractivity contribution is 5.79. The van der Waals surface area contributed by atoms with E-state index in [4.69, 9.17) is 0 Å². The van der Waals surface area contributed by atoms with Crippen LogP contribution in [0.4, 0.5) is 4.79 Å². The lowest BCUT2D eigenvalue weighted by atomic mass is 10.1. The number of hydrogen-bond donors (Lipinski definition) is 1. The second-order valence-electron chi connectivity index (χ2n) is 2.90. The Kier molecular flexibility index (Phi) is 1.50. The molecule has 0 bridgehead atoms. The second kappa shape index (κ2) is 2.52. The van der Waals surface area contributed by atoms with E-state index in [2.05, 4.69) is 5.32 Å². The first-order chi connectivity index (χ1) is 5.77. The molecule has 1 atom stereocenters. The molecule has 0 fully saturated rings. The summed E-state index contributed by atoms with van der Waals surface area (Å²) < 4.78 is 0. The van der Waals surface area contributed by atoms with Crippen LogP contribution in [0.1, 0.15) is 6.92 Å². The van der Waals surface area contributed by atoms with E-state index in [1.54, 1.807) is 11.1 Å². The summed E-state index contributed by atoms with van der Waals surface area (Å²) in [5, 5.41) is 2.74. The van der Waals surface area contributed by atoms with Gasteiger partial charge in [-0.1, -0.05) is 12.2 Å². The molecule has 1 N–H and O–H groups in total. The molecule has 0 aromatic heterocycles. The monoisotopic (exact) mass is 162 g/mol. The van der Waals surface area contributed by atoms with Crippen LogP contribution >= 0.6 is 0 Å². The first-order valence-electron chi connectivity index (χ1n) is 3.90. The van der Waals surface area contributed by atoms with E-state index in [0.29, 0.717) is 0 Å². The van der Waals surface area contributed by atoms with Crippen LogP contribution in [0.25, 0.3) is 0 Å². The standard InChI is InChI=1S/C9H10N2O/c1-7-6-8-4-2-3-5-11(8)9(12)10-7/h2-6,8H,1H3,(H,10,12). The zero-order chi connectivity index (χ0) is 8.55. The van der Waals surface area contributed by atoms with Gasteiger partial charge in [0, 0.05) is 11.9 Å². The lowest BCUT2D eigenvalue weighted by Crippen LogP contribution is -2.45. The molecule has 3 nitrogen and oxygen atoms in total. The summed E-state index contributed by atoms with van der Waals surface area (Å²) in [4.78, 5) is 13.0. The largest absolute Gasteiger partial charge is 0.326 e. The number of nitrogens with one attached hydrogen (secondary N) is 1. The summed E-state index contributed by atoms with van der Waals surface area (Å²) in [6, 6.07) is 0.0457. The summed E-state index contributed by atoms with van der Waals surface area (Å²) in [6.07, 6.45) is 9.58. The molecule has 0 aromatic rings.